The maximum absolute atomic E-state index is 12.5. The van der Waals surface area contributed by atoms with Gasteiger partial charge in [0.15, 0.2) is 0 Å². The Morgan fingerprint density at radius 1 is 1.22 bits per heavy atom. The summed E-state index contributed by atoms with van der Waals surface area (Å²) >= 11 is 11.4. The topological polar surface area (TPSA) is 42.0 Å². The molecule has 1 amide bonds. The van der Waals surface area contributed by atoms with Gasteiger partial charge in [0.05, 0.1) is 22.8 Å². The molecule has 122 valence electrons. The zero-order valence-corrected chi connectivity index (χ0v) is 13.1. The van der Waals surface area contributed by atoms with Gasteiger partial charge in [0, 0.05) is 17.6 Å². The summed E-state index contributed by atoms with van der Waals surface area (Å²) in [4.78, 5) is 15.6. The average molecular weight is 363 g/mol. The molecule has 0 saturated heterocycles. The molecule has 0 aliphatic rings. The summed E-state index contributed by atoms with van der Waals surface area (Å²) in [6, 6.07) is 7.42. The van der Waals surface area contributed by atoms with Crippen molar-refractivity contribution in [2.24, 2.45) is 0 Å². The third-order valence-corrected chi connectivity index (χ3v) is 3.67. The molecule has 1 aromatic carbocycles. The third-order valence-electron chi connectivity index (χ3n) is 3.03. The van der Waals surface area contributed by atoms with Crippen molar-refractivity contribution in [3.63, 3.8) is 0 Å². The fourth-order valence-corrected chi connectivity index (χ4v) is 2.17. The van der Waals surface area contributed by atoms with Gasteiger partial charge in [0.2, 0.25) is 0 Å². The van der Waals surface area contributed by atoms with Crippen molar-refractivity contribution in [1.82, 2.24) is 10.3 Å². The molecule has 8 heteroatoms. The van der Waals surface area contributed by atoms with Crippen molar-refractivity contribution in [1.29, 1.82) is 0 Å². The summed E-state index contributed by atoms with van der Waals surface area (Å²) in [5.41, 5.74) is 0.497. The van der Waals surface area contributed by atoms with E-state index in [0.717, 1.165) is 11.6 Å². The molecule has 0 aliphatic heterocycles. The van der Waals surface area contributed by atoms with Gasteiger partial charge < -0.3 is 5.32 Å². The Hall–Kier alpha value is -1.79. The van der Waals surface area contributed by atoms with E-state index in [1.165, 1.54) is 0 Å². The lowest BCUT2D eigenvalue weighted by Gasteiger charge is -2.10. The molecule has 2 aromatic rings. The molecule has 23 heavy (non-hydrogen) atoms. The van der Waals surface area contributed by atoms with Gasteiger partial charge in [-0.3, -0.25) is 9.78 Å². The maximum atomic E-state index is 12.5. The van der Waals surface area contributed by atoms with Crippen LogP contribution in [0.2, 0.25) is 5.02 Å². The Morgan fingerprint density at radius 3 is 2.39 bits per heavy atom. The second kappa shape index (κ2) is 7.19. The number of alkyl halides is 4. The summed E-state index contributed by atoms with van der Waals surface area (Å²) in [5, 5.41) is 2.40. The van der Waals surface area contributed by atoms with Crippen LogP contribution >= 0.6 is 23.2 Å². The first kappa shape index (κ1) is 17.6. The summed E-state index contributed by atoms with van der Waals surface area (Å²) < 4.78 is 37.6. The minimum Gasteiger partial charge on any atom is -0.346 e. The van der Waals surface area contributed by atoms with Crippen LogP contribution in [0.3, 0.4) is 0 Å². The highest BCUT2D eigenvalue weighted by Gasteiger charge is 2.31. The Bertz CT molecular complexity index is 703. The summed E-state index contributed by atoms with van der Waals surface area (Å²) in [6.07, 6.45) is -3.83. The van der Waals surface area contributed by atoms with E-state index in [4.69, 9.17) is 23.2 Å². The number of amides is 1. The molecule has 1 N–H and O–H groups in total. The predicted molar refractivity (Wildman–Crippen MR) is 81.4 cm³/mol. The van der Waals surface area contributed by atoms with E-state index < -0.39 is 11.7 Å². The van der Waals surface area contributed by atoms with Crippen molar-refractivity contribution >= 4 is 29.1 Å². The Labute approximate surface area is 140 Å². The number of hydrogen-bond donors (Lipinski definition) is 1. The standard InChI is InChI=1S/C15H11Cl2F3N2O/c16-6-9-1-3-10(4-2-9)14(23)22-8-13-12(17)5-11(7-21-13)15(18,19)20/h1-5,7H,6,8H2,(H,22,23). The Kier molecular flexibility index (Phi) is 5.49. The first-order chi connectivity index (χ1) is 10.8. The van der Waals surface area contributed by atoms with E-state index in [-0.39, 0.29) is 23.2 Å². The monoisotopic (exact) mass is 362 g/mol. The highest BCUT2D eigenvalue weighted by molar-refractivity contribution is 6.31. The van der Waals surface area contributed by atoms with Gasteiger partial charge in [-0.2, -0.15) is 13.2 Å². The van der Waals surface area contributed by atoms with Crippen LogP contribution < -0.4 is 5.32 Å². The van der Waals surface area contributed by atoms with Gasteiger partial charge >= 0.3 is 6.18 Å². The average Bonchev–Trinajstić information content (AvgIpc) is 2.52. The van der Waals surface area contributed by atoms with Crippen LogP contribution in [0.15, 0.2) is 36.5 Å². The minimum atomic E-state index is -4.51. The summed E-state index contributed by atoms with van der Waals surface area (Å²) in [6.45, 7) is -0.0763. The van der Waals surface area contributed by atoms with Gasteiger partial charge in [-0.1, -0.05) is 23.7 Å². The number of benzene rings is 1. The van der Waals surface area contributed by atoms with Gasteiger partial charge in [0.1, 0.15) is 0 Å². The van der Waals surface area contributed by atoms with Gasteiger partial charge in [-0.05, 0) is 23.8 Å². The SMILES string of the molecule is O=C(NCc1ncc(C(F)(F)F)cc1Cl)c1ccc(CCl)cc1. The maximum Gasteiger partial charge on any atom is 0.417 e. The zero-order valence-electron chi connectivity index (χ0n) is 11.6. The lowest BCUT2D eigenvalue weighted by atomic mass is 10.1. The van der Waals surface area contributed by atoms with Crippen molar-refractivity contribution in [2.45, 2.75) is 18.6 Å². The fourth-order valence-electron chi connectivity index (χ4n) is 1.76. The summed E-state index contributed by atoms with van der Waals surface area (Å²) in [7, 11) is 0. The van der Waals surface area contributed by atoms with Crippen LogP contribution in [-0.2, 0) is 18.6 Å². The van der Waals surface area contributed by atoms with E-state index in [0.29, 0.717) is 17.6 Å². The van der Waals surface area contributed by atoms with Crippen LogP contribution in [0.5, 0.6) is 0 Å². The summed E-state index contributed by atoms with van der Waals surface area (Å²) in [5.74, 6) is -0.0450. The Morgan fingerprint density at radius 2 is 1.87 bits per heavy atom. The zero-order chi connectivity index (χ0) is 17.0. The predicted octanol–water partition coefficient (Wildman–Crippen LogP) is 4.42. The molecule has 3 nitrogen and oxygen atoms in total. The van der Waals surface area contributed by atoms with Crippen LogP contribution in [-0.4, -0.2) is 10.9 Å². The second-order valence-corrected chi connectivity index (χ2v) is 5.34. The number of carbonyl (C=O) groups is 1. The van der Waals surface area contributed by atoms with Gasteiger partial charge in [0.25, 0.3) is 5.91 Å². The molecule has 0 unspecified atom stereocenters. The third kappa shape index (κ3) is 4.59. The number of pyridine rings is 1. The number of aromatic nitrogens is 1. The molecule has 2 rings (SSSR count). The molecule has 0 fully saturated rings. The van der Waals surface area contributed by atoms with E-state index in [1.807, 2.05) is 0 Å². The van der Waals surface area contributed by atoms with Crippen LogP contribution in [0.25, 0.3) is 0 Å². The van der Waals surface area contributed by atoms with Crippen molar-refractivity contribution in [3.8, 4) is 0 Å². The number of nitrogens with one attached hydrogen (secondary N) is 1. The molecule has 0 bridgehead atoms. The molecule has 0 saturated carbocycles. The van der Waals surface area contributed by atoms with Gasteiger partial charge in [-0.15, -0.1) is 11.6 Å². The van der Waals surface area contributed by atoms with E-state index >= 15 is 0 Å². The molecular weight excluding hydrogens is 352 g/mol. The van der Waals surface area contributed by atoms with E-state index in [1.54, 1.807) is 24.3 Å². The van der Waals surface area contributed by atoms with Crippen LogP contribution in [0, 0.1) is 0 Å². The van der Waals surface area contributed by atoms with E-state index in [2.05, 4.69) is 10.3 Å². The highest BCUT2D eigenvalue weighted by Crippen LogP contribution is 2.30. The van der Waals surface area contributed by atoms with Gasteiger partial charge in [-0.25, -0.2) is 0 Å². The van der Waals surface area contributed by atoms with E-state index in [9.17, 15) is 18.0 Å². The Balaban J connectivity index is 2.04. The molecule has 1 heterocycles. The smallest absolute Gasteiger partial charge is 0.346 e. The lowest BCUT2D eigenvalue weighted by molar-refractivity contribution is -0.137. The first-order valence-electron chi connectivity index (χ1n) is 6.46. The minimum absolute atomic E-state index is 0.0763. The molecule has 0 aliphatic carbocycles. The molecule has 0 atom stereocenters. The normalized spacial score (nSPS) is 11.3. The number of halogens is 5. The lowest BCUT2D eigenvalue weighted by Crippen LogP contribution is -2.23. The first-order valence-corrected chi connectivity index (χ1v) is 7.37. The fraction of sp³-hybridized carbons (Fsp3) is 0.200. The van der Waals surface area contributed by atoms with Crippen molar-refractivity contribution in [3.05, 3.63) is 63.9 Å². The second-order valence-electron chi connectivity index (χ2n) is 4.66. The molecule has 0 radical (unpaired) electrons. The molecule has 0 spiro atoms. The van der Waals surface area contributed by atoms with Crippen LogP contribution in [0.1, 0.15) is 27.2 Å². The highest BCUT2D eigenvalue weighted by atomic mass is 35.5. The van der Waals surface area contributed by atoms with Crippen molar-refractivity contribution < 1.29 is 18.0 Å². The molecule has 1 aromatic heterocycles. The number of rotatable bonds is 4. The quantitative estimate of drug-likeness (QED) is 0.817. The van der Waals surface area contributed by atoms with Crippen molar-refractivity contribution in [2.75, 3.05) is 0 Å². The largest absolute Gasteiger partial charge is 0.417 e. The number of carbonyl (C=O) groups excluding carboxylic acids is 1. The molecular formula is C15H11Cl2F3N2O. The number of nitrogens with zero attached hydrogens (tertiary/aromatic N) is 1. The number of hydrogen-bond acceptors (Lipinski definition) is 2. The van der Waals surface area contributed by atoms with Crippen LogP contribution in [0.4, 0.5) is 13.2 Å².